The van der Waals surface area contributed by atoms with E-state index in [9.17, 15) is 0 Å². The molecule has 0 radical (unpaired) electrons. The minimum Gasteiger partial charge on any atom is -0.497 e. The molecule has 2 heterocycles. The van der Waals surface area contributed by atoms with Crippen molar-refractivity contribution < 1.29 is 18.9 Å². The number of halogens is 1. The Kier molecular flexibility index (Phi) is 5.68. The molecule has 0 aliphatic carbocycles. The van der Waals surface area contributed by atoms with Gasteiger partial charge >= 0.3 is 0 Å². The Hall–Kier alpha value is -3.72. The third-order valence-electron chi connectivity index (χ3n) is 4.65. The van der Waals surface area contributed by atoms with Gasteiger partial charge in [-0.15, -0.1) is 0 Å². The quantitative estimate of drug-likeness (QED) is 0.425. The predicted octanol–water partition coefficient (Wildman–Crippen LogP) is 4.25. The molecule has 0 aliphatic heterocycles. The van der Waals surface area contributed by atoms with Crippen LogP contribution in [0.5, 0.6) is 23.0 Å². The Balaban J connectivity index is 1.69. The maximum Gasteiger partial charge on any atom is 0.224 e. The van der Waals surface area contributed by atoms with Gasteiger partial charge in [0.15, 0.2) is 11.5 Å². The third kappa shape index (κ3) is 3.99. The number of rotatable bonds is 7. The molecule has 0 saturated carbocycles. The van der Waals surface area contributed by atoms with Gasteiger partial charge in [-0.2, -0.15) is 4.98 Å². The van der Waals surface area contributed by atoms with Gasteiger partial charge in [0.05, 0.1) is 45.8 Å². The Labute approximate surface area is 183 Å². The van der Waals surface area contributed by atoms with Crippen LogP contribution in [-0.4, -0.2) is 48.0 Å². The number of nitrogens with zero attached hydrogens (tertiary/aromatic N) is 4. The van der Waals surface area contributed by atoms with Gasteiger partial charge in [0.25, 0.3) is 0 Å². The van der Waals surface area contributed by atoms with E-state index >= 15 is 0 Å². The van der Waals surface area contributed by atoms with Gasteiger partial charge in [-0.25, -0.2) is 9.97 Å². The lowest BCUT2D eigenvalue weighted by Gasteiger charge is -2.14. The zero-order valence-corrected chi connectivity index (χ0v) is 18.1. The molecule has 1 N–H and O–H groups in total. The Morgan fingerprint density at radius 3 is 2.29 bits per heavy atom. The summed E-state index contributed by atoms with van der Waals surface area (Å²) >= 11 is 6.11. The fourth-order valence-corrected chi connectivity index (χ4v) is 3.35. The first kappa shape index (κ1) is 20.5. The van der Waals surface area contributed by atoms with Crippen molar-refractivity contribution in [3.05, 3.63) is 48.1 Å². The number of hydrogen-bond acceptors (Lipinski definition) is 8. The van der Waals surface area contributed by atoms with Crippen LogP contribution in [0.25, 0.3) is 16.6 Å². The molecule has 4 aromatic rings. The van der Waals surface area contributed by atoms with Gasteiger partial charge in [0, 0.05) is 23.6 Å². The van der Waals surface area contributed by atoms with E-state index < -0.39 is 0 Å². The van der Waals surface area contributed by atoms with E-state index in [1.165, 1.54) is 0 Å². The number of methoxy groups -OCH3 is 4. The van der Waals surface area contributed by atoms with Gasteiger partial charge in [-0.05, 0) is 23.7 Å². The van der Waals surface area contributed by atoms with E-state index in [1.54, 1.807) is 40.8 Å². The highest BCUT2D eigenvalue weighted by molar-refractivity contribution is 6.28. The molecule has 4 rings (SSSR count). The molecule has 31 heavy (non-hydrogen) atoms. The fraction of sp³-hybridized carbons (Fsp3) is 0.190. The van der Waals surface area contributed by atoms with Crippen molar-refractivity contribution in [3.63, 3.8) is 0 Å². The van der Waals surface area contributed by atoms with Crippen LogP contribution < -0.4 is 24.3 Å². The van der Waals surface area contributed by atoms with Crippen LogP contribution in [0.4, 0.5) is 11.6 Å². The first-order valence-corrected chi connectivity index (χ1v) is 9.56. The summed E-state index contributed by atoms with van der Waals surface area (Å²) < 4.78 is 23.3. The van der Waals surface area contributed by atoms with Crippen LogP contribution in [-0.2, 0) is 0 Å². The molecule has 2 aromatic carbocycles. The lowest BCUT2D eigenvalue weighted by atomic mass is 10.2. The number of benzene rings is 2. The van der Waals surface area contributed by atoms with Crippen LogP contribution in [0.1, 0.15) is 0 Å². The first-order valence-electron chi connectivity index (χ1n) is 9.19. The Morgan fingerprint density at radius 2 is 1.65 bits per heavy atom. The highest BCUT2D eigenvalue weighted by atomic mass is 35.5. The van der Waals surface area contributed by atoms with Gasteiger partial charge in [-0.1, -0.05) is 0 Å². The zero-order valence-electron chi connectivity index (χ0n) is 17.3. The van der Waals surface area contributed by atoms with Crippen LogP contribution in [0, 0.1) is 0 Å². The molecular formula is C21H20ClN5O4. The molecule has 0 bridgehead atoms. The monoisotopic (exact) mass is 441 g/mol. The standard InChI is InChI=1S/C21H20ClN5O4/c1-28-13-5-6-14-15(9-13)24-21(22)26-20(14)25-18-10-27(11-23-18)12-7-16(29-2)19(31-4)17(8-12)30-3/h5-11H,1-4H3,(H,24,25,26). The molecule has 0 unspecified atom stereocenters. The average molecular weight is 442 g/mol. The lowest BCUT2D eigenvalue weighted by molar-refractivity contribution is 0.324. The second kappa shape index (κ2) is 8.57. The normalized spacial score (nSPS) is 10.7. The molecule has 0 aliphatic rings. The van der Waals surface area contributed by atoms with Crippen molar-refractivity contribution in [2.75, 3.05) is 33.8 Å². The maximum atomic E-state index is 6.11. The minimum absolute atomic E-state index is 0.118. The van der Waals surface area contributed by atoms with E-state index in [1.807, 2.05) is 35.0 Å². The average Bonchev–Trinajstić information content (AvgIpc) is 3.25. The molecule has 0 fully saturated rings. The summed E-state index contributed by atoms with van der Waals surface area (Å²) in [6.07, 6.45) is 3.48. The van der Waals surface area contributed by atoms with Crippen molar-refractivity contribution in [2.24, 2.45) is 0 Å². The zero-order chi connectivity index (χ0) is 22.0. The molecule has 9 nitrogen and oxygen atoms in total. The highest BCUT2D eigenvalue weighted by Gasteiger charge is 2.15. The second-order valence-corrected chi connectivity index (χ2v) is 6.74. The molecular weight excluding hydrogens is 422 g/mol. The number of hydrogen-bond donors (Lipinski definition) is 1. The van der Waals surface area contributed by atoms with E-state index in [2.05, 4.69) is 20.3 Å². The van der Waals surface area contributed by atoms with Crippen LogP contribution in [0.3, 0.4) is 0 Å². The number of ether oxygens (including phenoxy) is 4. The maximum absolute atomic E-state index is 6.11. The minimum atomic E-state index is 0.118. The second-order valence-electron chi connectivity index (χ2n) is 6.40. The summed E-state index contributed by atoms with van der Waals surface area (Å²) in [6.45, 7) is 0. The highest BCUT2D eigenvalue weighted by Crippen LogP contribution is 2.39. The van der Waals surface area contributed by atoms with Gasteiger partial charge in [-0.3, -0.25) is 0 Å². The number of imidazole rings is 1. The molecule has 0 amide bonds. The molecule has 0 spiro atoms. The fourth-order valence-electron chi connectivity index (χ4n) is 3.17. The van der Waals surface area contributed by atoms with Crippen LogP contribution >= 0.6 is 11.6 Å². The number of fused-ring (bicyclic) bond motifs is 1. The Morgan fingerprint density at radius 1 is 0.903 bits per heavy atom. The summed E-state index contributed by atoms with van der Waals surface area (Å²) in [6, 6.07) is 9.15. The van der Waals surface area contributed by atoms with Gasteiger partial charge < -0.3 is 28.8 Å². The number of nitrogens with one attached hydrogen (secondary N) is 1. The Bertz CT molecular complexity index is 1220. The van der Waals surface area contributed by atoms with E-state index in [-0.39, 0.29) is 5.28 Å². The summed E-state index contributed by atoms with van der Waals surface area (Å²) in [4.78, 5) is 13.0. The van der Waals surface area contributed by atoms with Crippen molar-refractivity contribution in [1.29, 1.82) is 0 Å². The smallest absolute Gasteiger partial charge is 0.224 e. The summed E-state index contributed by atoms with van der Waals surface area (Å²) in [5.74, 6) is 3.39. The van der Waals surface area contributed by atoms with Crippen molar-refractivity contribution >= 4 is 34.1 Å². The van der Waals surface area contributed by atoms with E-state index in [0.717, 1.165) is 11.1 Å². The molecule has 2 aromatic heterocycles. The van der Waals surface area contributed by atoms with Gasteiger partial charge in [0.2, 0.25) is 11.0 Å². The molecule has 0 saturated heterocycles. The summed E-state index contributed by atoms with van der Waals surface area (Å²) in [5, 5.41) is 4.10. The number of aromatic nitrogens is 4. The van der Waals surface area contributed by atoms with Gasteiger partial charge in [0.1, 0.15) is 23.7 Å². The number of anilines is 2. The van der Waals surface area contributed by atoms with E-state index in [4.69, 9.17) is 30.5 Å². The van der Waals surface area contributed by atoms with Crippen molar-refractivity contribution in [1.82, 2.24) is 19.5 Å². The molecule has 10 heteroatoms. The predicted molar refractivity (Wildman–Crippen MR) is 118 cm³/mol. The molecule has 0 atom stereocenters. The topological polar surface area (TPSA) is 92.6 Å². The van der Waals surface area contributed by atoms with Crippen LogP contribution in [0.2, 0.25) is 5.28 Å². The summed E-state index contributed by atoms with van der Waals surface area (Å²) in [7, 11) is 6.30. The largest absolute Gasteiger partial charge is 0.497 e. The first-order chi connectivity index (χ1) is 15.1. The van der Waals surface area contributed by atoms with Crippen molar-refractivity contribution in [2.45, 2.75) is 0 Å². The third-order valence-corrected chi connectivity index (χ3v) is 4.82. The van der Waals surface area contributed by atoms with Crippen LogP contribution in [0.15, 0.2) is 42.9 Å². The lowest BCUT2D eigenvalue weighted by Crippen LogP contribution is -1.99. The van der Waals surface area contributed by atoms with Crippen molar-refractivity contribution in [3.8, 4) is 28.7 Å². The molecule has 160 valence electrons. The summed E-state index contributed by atoms with van der Waals surface area (Å²) in [5.41, 5.74) is 1.44. The van der Waals surface area contributed by atoms with E-state index in [0.29, 0.717) is 40.2 Å². The SMILES string of the molecule is COc1ccc2c(Nc3cn(-c4cc(OC)c(OC)c(OC)c4)cn3)nc(Cl)nc2c1.